The molecule has 2 aromatic heterocycles. The number of nitrogens with one attached hydrogen (secondary N) is 1. The average Bonchev–Trinajstić information content (AvgIpc) is 3.16. The van der Waals surface area contributed by atoms with Gasteiger partial charge in [0.1, 0.15) is 0 Å². The highest BCUT2D eigenvalue weighted by molar-refractivity contribution is 5.79. The number of benzene rings is 1. The Morgan fingerprint density at radius 1 is 1.27 bits per heavy atom. The van der Waals surface area contributed by atoms with E-state index in [1.807, 2.05) is 35.9 Å². The maximum atomic E-state index is 12.8. The van der Waals surface area contributed by atoms with Gasteiger partial charge in [-0.3, -0.25) is 9.69 Å². The average molecular weight is 413 g/mol. The number of aromatic nitrogens is 5. The predicted octanol–water partition coefficient (Wildman–Crippen LogP) is 2.91. The minimum Gasteiger partial charge on any atom is -0.395 e. The Morgan fingerprint density at radius 2 is 2.03 bits per heavy atom. The van der Waals surface area contributed by atoms with Crippen LogP contribution in [0, 0.1) is 6.92 Å². The summed E-state index contributed by atoms with van der Waals surface area (Å²) >= 11 is 0. The first-order valence-corrected chi connectivity index (χ1v) is 10.5. The highest BCUT2D eigenvalue weighted by atomic mass is 16.3. The molecule has 0 saturated carbocycles. The van der Waals surface area contributed by atoms with Crippen molar-refractivity contribution >= 4 is 10.9 Å². The van der Waals surface area contributed by atoms with E-state index in [1.54, 1.807) is 0 Å². The highest BCUT2D eigenvalue weighted by Gasteiger charge is 2.29. The number of tetrazole rings is 1. The SMILES string of the molecule is CCCC(c1nnnn1C(C)(C)C)N(CCO)Cc1cc2ccc(C)cc2[nH]c1=O. The lowest BCUT2D eigenvalue weighted by molar-refractivity contribution is 0.123. The fourth-order valence-corrected chi connectivity index (χ4v) is 3.80. The van der Waals surface area contributed by atoms with Crippen LogP contribution in [0.2, 0.25) is 0 Å². The normalized spacial score (nSPS) is 13.3. The molecule has 0 aliphatic heterocycles. The van der Waals surface area contributed by atoms with E-state index in [0.717, 1.165) is 35.1 Å². The number of aryl methyl sites for hydroxylation is 1. The van der Waals surface area contributed by atoms with E-state index in [-0.39, 0.29) is 23.7 Å². The minimum absolute atomic E-state index is 0.0119. The molecular weight excluding hydrogens is 380 g/mol. The Kier molecular flexibility index (Phi) is 6.67. The van der Waals surface area contributed by atoms with Crippen molar-refractivity contribution in [3.63, 3.8) is 0 Å². The molecule has 1 aromatic carbocycles. The van der Waals surface area contributed by atoms with Crippen molar-refractivity contribution in [2.24, 2.45) is 0 Å². The van der Waals surface area contributed by atoms with Gasteiger partial charge in [0.2, 0.25) is 0 Å². The van der Waals surface area contributed by atoms with Crippen LogP contribution in [-0.4, -0.2) is 48.3 Å². The Morgan fingerprint density at radius 3 is 2.70 bits per heavy atom. The lowest BCUT2D eigenvalue weighted by Crippen LogP contribution is -2.37. The van der Waals surface area contributed by atoms with Crippen LogP contribution in [0.3, 0.4) is 0 Å². The number of fused-ring (bicyclic) bond motifs is 1. The first kappa shape index (κ1) is 22.1. The van der Waals surface area contributed by atoms with Crippen LogP contribution in [0.5, 0.6) is 0 Å². The van der Waals surface area contributed by atoms with Crippen molar-refractivity contribution in [1.82, 2.24) is 30.1 Å². The van der Waals surface area contributed by atoms with Gasteiger partial charge >= 0.3 is 0 Å². The number of nitrogens with zero attached hydrogens (tertiary/aromatic N) is 5. The van der Waals surface area contributed by atoms with Gasteiger partial charge in [0.15, 0.2) is 5.82 Å². The molecule has 0 amide bonds. The molecule has 2 N–H and O–H groups in total. The number of aliphatic hydroxyl groups excluding tert-OH is 1. The van der Waals surface area contributed by atoms with Crippen molar-refractivity contribution in [3.8, 4) is 0 Å². The maximum Gasteiger partial charge on any atom is 0.252 e. The molecule has 3 rings (SSSR count). The second kappa shape index (κ2) is 9.06. The van der Waals surface area contributed by atoms with Crippen molar-refractivity contribution in [2.45, 2.75) is 65.6 Å². The van der Waals surface area contributed by atoms with Crippen LogP contribution >= 0.6 is 0 Å². The lowest BCUT2D eigenvalue weighted by atomic mass is 10.0. The van der Waals surface area contributed by atoms with E-state index < -0.39 is 0 Å². The summed E-state index contributed by atoms with van der Waals surface area (Å²) in [7, 11) is 0. The second-order valence-corrected chi connectivity index (χ2v) is 8.83. The van der Waals surface area contributed by atoms with E-state index in [4.69, 9.17) is 0 Å². The zero-order valence-corrected chi connectivity index (χ0v) is 18.5. The van der Waals surface area contributed by atoms with Crippen LogP contribution in [-0.2, 0) is 12.1 Å². The van der Waals surface area contributed by atoms with Crippen LogP contribution in [0.15, 0.2) is 29.1 Å². The van der Waals surface area contributed by atoms with E-state index in [2.05, 4.69) is 53.1 Å². The third-order valence-corrected chi connectivity index (χ3v) is 5.27. The van der Waals surface area contributed by atoms with Gasteiger partial charge in [-0.1, -0.05) is 25.5 Å². The second-order valence-electron chi connectivity index (χ2n) is 8.83. The first-order chi connectivity index (χ1) is 14.2. The summed E-state index contributed by atoms with van der Waals surface area (Å²) < 4.78 is 1.84. The summed E-state index contributed by atoms with van der Waals surface area (Å²) in [5.41, 5.74) is 2.22. The van der Waals surface area contributed by atoms with Gasteiger partial charge in [0.05, 0.1) is 18.2 Å². The number of pyridine rings is 1. The van der Waals surface area contributed by atoms with Gasteiger partial charge < -0.3 is 10.1 Å². The molecule has 0 aliphatic carbocycles. The van der Waals surface area contributed by atoms with E-state index in [9.17, 15) is 9.90 Å². The zero-order chi connectivity index (χ0) is 21.9. The van der Waals surface area contributed by atoms with Gasteiger partial charge in [-0.2, -0.15) is 0 Å². The highest BCUT2D eigenvalue weighted by Crippen LogP contribution is 2.28. The quantitative estimate of drug-likeness (QED) is 0.590. The van der Waals surface area contributed by atoms with Gasteiger partial charge in [0, 0.05) is 24.2 Å². The molecule has 0 bridgehead atoms. The molecule has 0 saturated heterocycles. The Labute approximate surface area is 176 Å². The standard InChI is InChI=1S/C22H32N6O2/c1-6-7-19(20-24-25-26-28(20)22(3,4)5)27(10-11-29)14-17-13-16-9-8-15(2)12-18(16)23-21(17)30/h8-9,12-13,19,29H,6-7,10-11,14H2,1-5H3,(H,23,30). The molecule has 2 heterocycles. The first-order valence-electron chi connectivity index (χ1n) is 10.5. The minimum atomic E-state index is -0.270. The number of aromatic amines is 1. The number of H-pyrrole nitrogens is 1. The maximum absolute atomic E-state index is 12.8. The summed E-state index contributed by atoms with van der Waals surface area (Å²) in [6, 6.07) is 7.86. The van der Waals surface area contributed by atoms with Gasteiger partial charge in [0.25, 0.3) is 5.56 Å². The van der Waals surface area contributed by atoms with Crippen LogP contribution < -0.4 is 5.56 Å². The number of aliphatic hydroxyl groups is 1. The fraction of sp³-hybridized carbons (Fsp3) is 0.545. The Bertz CT molecular complexity index is 1050. The van der Waals surface area contributed by atoms with Crippen molar-refractivity contribution in [3.05, 3.63) is 51.6 Å². The van der Waals surface area contributed by atoms with E-state index >= 15 is 0 Å². The fourth-order valence-electron chi connectivity index (χ4n) is 3.80. The number of hydrogen-bond donors (Lipinski definition) is 2. The smallest absolute Gasteiger partial charge is 0.252 e. The van der Waals surface area contributed by atoms with Crippen LogP contribution in [0.4, 0.5) is 0 Å². The molecule has 30 heavy (non-hydrogen) atoms. The molecule has 3 aromatic rings. The monoisotopic (exact) mass is 412 g/mol. The summed E-state index contributed by atoms with van der Waals surface area (Å²) in [4.78, 5) is 17.9. The van der Waals surface area contributed by atoms with Crippen molar-refractivity contribution in [1.29, 1.82) is 0 Å². The predicted molar refractivity (Wildman–Crippen MR) is 117 cm³/mol. The van der Waals surface area contributed by atoms with Gasteiger partial charge in [-0.25, -0.2) is 4.68 Å². The lowest BCUT2D eigenvalue weighted by Gasteiger charge is -2.32. The Balaban J connectivity index is 2.00. The zero-order valence-electron chi connectivity index (χ0n) is 18.5. The molecule has 0 aliphatic rings. The summed E-state index contributed by atoms with van der Waals surface area (Å²) in [6.45, 7) is 11.1. The van der Waals surface area contributed by atoms with Crippen LogP contribution in [0.25, 0.3) is 10.9 Å². The molecule has 0 fully saturated rings. The Hall–Kier alpha value is -2.58. The van der Waals surface area contributed by atoms with Crippen molar-refractivity contribution in [2.75, 3.05) is 13.2 Å². The molecular formula is C22H32N6O2. The summed E-state index contributed by atoms with van der Waals surface area (Å²) in [6.07, 6.45) is 1.75. The van der Waals surface area contributed by atoms with Crippen LogP contribution in [0.1, 0.15) is 63.5 Å². The molecule has 8 heteroatoms. The summed E-state index contributed by atoms with van der Waals surface area (Å²) in [5, 5.41) is 23.2. The topological polar surface area (TPSA) is 99.9 Å². The summed E-state index contributed by atoms with van der Waals surface area (Å²) in [5.74, 6) is 0.755. The number of hydrogen-bond acceptors (Lipinski definition) is 6. The third kappa shape index (κ3) is 4.76. The molecule has 1 atom stereocenters. The number of rotatable bonds is 8. The molecule has 1 unspecified atom stereocenters. The van der Waals surface area contributed by atoms with E-state index in [0.29, 0.717) is 18.7 Å². The largest absolute Gasteiger partial charge is 0.395 e. The molecule has 0 spiro atoms. The van der Waals surface area contributed by atoms with Gasteiger partial charge in [-0.15, -0.1) is 5.10 Å². The van der Waals surface area contributed by atoms with Gasteiger partial charge in [-0.05, 0) is 67.6 Å². The molecule has 162 valence electrons. The van der Waals surface area contributed by atoms with E-state index in [1.165, 1.54) is 0 Å². The van der Waals surface area contributed by atoms with Crippen molar-refractivity contribution < 1.29 is 5.11 Å². The third-order valence-electron chi connectivity index (χ3n) is 5.27. The molecule has 0 radical (unpaired) electrons. The molecule has 8 nitrogen and oxygen atoms in total.